The highest BCUT2D eigenvalue weighted by atomic mass is 35.5. The Morgan fingerprint density at radius 2 is 1.79 bits per heavy atom. The van der Waals surface area contributed by atoms with E-state index in [9.17, 15) is 18.4 Å². The van der Waals surface area contributed by atoms with E-state index in [0.717, 1.165) is 23.9 Å². The molecule has 2 amide bonds. The standard InChI is InChI=1S/C15H10Cl2F2N2O2S/c16-8-1-4-11(17)13(5-8)24-7-14(22)20-21-15(23)10-3-2-9(18)6-12(10)19/h1-6H,7H2,(H,20,22)(H,21,23). The average Bonchev–Trinajstić information content (AvgIpc) is 2.53. The Labute approximate surface area is 150 Å². The predicted molar refractivity (Wildman–Crippen MR) is 89.2 cm³/mol. The second-order valence-electron chi connectivity index (χ2n) is 4.49. The lowest BCUT2D eigenvalue weighted by atomic mass is 10.2. The van der Waals surface area contributed by atoms with E-state index < -0.39 is 23.4 Å². The molecule has 0 bridgehead atoms. The fraction of sp³-hybridized carbons (Fsp3) is 0.0667. The molecule has 0 saturated carbocycles. The van der Waals surface area contributed by atoms with Crippen molar-refractivity contribution in [2.24, 2.45) is 0 Å². The molecule has 126 valence electrons. The summed E-state index contributed by atoms with van der Waals surface area (Å²) in [6.45, 7) is 0. The Bertz CT molecular complexity index is 790. The zero-order valence-electron chi connectivity index (χ0n) is 11.9. The molecule has 0 aliphatic carbocycles. The average molecular weight is 391 g/mol. The van der Waals surface area contributed by atoms with Crippen LogP contribution in [0.3, 0.4) is 0 Å². The molecule has 0 fully saturated rings. The maximum atomic E-state index is 13.4. The second-order valence-corrected chi connectivity index (χ2v) is 6.35. The van der Waals surface area contributed by atoms with E-state index in [4.69, 9.17) is 23.2 Å². The highest BCUT2D eigenvalue weighted by molar-refractivity contribution is 8.00. The lowest BCUT2D eigenvalue weighted by Crippen LogP contribution is -2.42. The highest BCUT2D eigenvalue weighted by Crippen LogP contribution is 2.29. The first-order valence-corrected chi connectivity index (χ1v) is 8.23. The second kappa shape index (κ2) is 8.32. The fourth-order valence-electron chi connectivity index (χ4n) is 1.63. The van der Waals surface area contributed by atoms with Crippen LogP contribution in [0.2, 0.25) is 10.0 Å². The Kier molecular flexibility index (Phi) is 6.42. The number of hydrazine groups is 1. The monoisotopic (exact) mass is 390 g/mol. The van der Waals surface area contributed by atoms with Crippen LogP contribution in [0.15, 0.2) is 41.3 Å². The van der Waals surface area contributed by atoms with Crippen LogP contribution in [0.25, 0.3) is 0 Å². The highest BCUT2D eigenvalue weighted by Gasteiger charge is 2.13. The van der Waals surface area contributed by atoms with E-state index in [0.29, 0.717) is 21.0 Å². The number of carbonyl (C=O) groups is 2. The third kappa shape index (κ3) is 5.09. The minimum Gasteiger partial charge on any atom is -0.272 e. The van der Waals surface area contributed by atoms with Gasteiger partial charge in [-0.25, -0.2) is 8.78 Å². The molecule has 0 unspecified atom stereocenters. The Hall–Kier alpha value is -1.83. The number of rotatable bonds is 4. The SMILES string of the molecule is O=C(CSc1cc(Cl)ccc1Cl)NNC(=O)c1ccc(F)cc1F. The summed E-state index contributed by atoms with van der Waals surface area (Å²) in [6, 6.07) is 7.32. The molecule has 0 saturated heterocycles. The minimum absolute atomic E-state index is 0.0494. The molecule has 4 nitrogen and oxygen atoms in total. The summed E-state index contributed by atoms with van der Waals surface area (Å²) in [4.78, 5) is 24.0. The van der Waals surface area contributed by atoms with Crippen LogP contribution in [0.5, 0.6) is 0 Å². The van der Waals surface area contributed by atoms with Gasteiger partial charge in [-0.05, 0) is 30.3 Å². The van der Waals surface area contributed by atoms with Crippen molar-refractivity contribution in [3.8, 4) is 0 Å². The minimum atomic E-state index is -1.03. The molecular formula is C15H10Cl2F2N2O2S. The molecule has 0 spiro atoms. The third-order valence-corrected chi connectivity index (χ3v) is 4.48. The summed E-state index contributed by atoms with van der Waals surface area (Å²) in [7, 11) is 0. The molecule has 0 aromatic heterocycles. The summed E-state index contributed by atoms with van der Waals surface area (Å²) < 4.78 is 26.2. The molecule has 0 heterocycles. The van der Waals surface area contributed by atoms with E-state index in [1.54, 1.807) is 18.2 Å². The number of nitrogens with one attached hydrogen (secondary N) is 2. The van der Waals surface area contributed by atoms with Crippen molar-refractivity contribution in [3.05, 3.63) is 63.6 Å². The number of benzene rings is 2. The summed E-state index contributed by atoms with van der Waals surface area (Å²) in [5.74, 6) is -3.31. The first kappa shape index (κ1) is 18.5. The topological polar surface area (TPSA) is 58.2 Å². The summed E-state index contributed by atoms with van der Waals surface area (Å²) in [6.07, 6.45) is 0. The van der Waals surface area contributed by atoms with Crippen LogP contribution in [0.1, 0.15) is 10.4 Å². The number of carbonyl (C=O) groups excluding carboxylic acids is 2. The number of hydrogen-bond acceptors (Lipinski definition) is 3. The van der Waals surface area contributed by atoms with Crippen LogP contribution in [0, 0.1) is 11.6 Å². The van der Waals surface area contributed by atoms with Gasteiger partial charge in [0.25, 0.3) is 5.91 Å². The molecule has 2 aromatic carbocycles. The van der Waals surface area contributed by atoms with Gasteiger partial charge in [-0.15, -0.1) is 11.8 Å². The van der Waals surface area contributed by atoms with Crippen molar-refractivity contribution >= 4 is 46.8 Å². The maximum Gasteiger partial charge on any atom is 0.272 e. The number of halogens is 4. The van der Waals surface area contributed by atoms with Crippen molar-refractivity contribution in [2.45, 2.75) is 4.90 Å². The molecule has 0 radical (unpaired) electrons. The van der Waals surface area contributed by atoms with Gasteiger partial charge in [0, 0.05) is 16.0 Å². The van der Waals surface area contributed by atoms with Gasteiger partial charge in [0.1, 0.15) is 11.6 Å². The van der Waals surface area contributed by atoms with Gasteiger partial charge in [0.15, 0.2) is 0 Å². The fourth-order valence-corrected chi connectivity index (χ4v) is 2.93. The molecule has 2 N–H and O–H groups in total. The van der Waals surface area contributed by atoms with Gasteiger partial charge >= 0.3 is 0 Å². The number of amides is 2. The zero-order chi connectivity index (χ0) is 17.7. The smallest absolute Gasteiger partial charge is 0.272 e. The predicted octanol–water partition coefficient (Wildman–Crippen LogP) is 3.82. The van der Waals surface area contributed by atoms with Crippen LogP contribution in [-0.2, 0) is 4.79 Å². The van der Waals surface area contributed by atoms with E-state index in [2.05, 4.69) is 5.43 Å². The van der Waals surface area contributed by atoms with Crippen LogP contribution in [0.4, 0.5) is 8.78 Å². The van der Waals surface area contributed by atoms with E-state index >= 15 is 0 Å². The van der Waals surface area contributed by atoms with E-state index in [1.165, 1.54) is 0 Å². The lowest BCUT2D eigenvalue weighted by Gasteiger charge is -2.08. The molecule has 0 atom stereocenters. The largest absolute Gasteiger partial charge is 0.272 e. The van der Waals surface area contributed by atoms with Crippen molar-refractivity contribution in [3.63, 3.8) is 0 Å². The molecule has 0 aliphatic heterocycles. The molecule has 0 aliphatic rings. The number of thioether (sulfide) groups is 1. The van der Waals surface area contributed by atoms with Gasteiger partial charge in [0.2, 0.25) is 5.91 Å². The van der Waals surface area contributed by atoms with Gasteiger partial charge in [0.05, 0.1) is 16.3 Å². The lowest BCUT2D eigenvalue weighted by molar-refractivity contribution is -0.119. The summed E-state index contributed by atoms with van der Waals surface area (Å²) >= 11 is 12.9. The van der Waals surface area contributed by atoms with Crippen molar-refractivity contribution in [1.29, 1.82) is 0 Å². The van der Waals surface area contributed by atoms with Crippen molar-refractivity contribution in [1.82, 2.24) is 10.9 Å². The van der Waals surface area contributed by atoms with E-state index in [-0.39, 0.29) is 11.3 Å². The van der Waals surface area contributed by atoms with Gasteiger partial charge in [-0.2, -0.15) is 0 Å². The Morgan fingerprint density at radius 1 is 1.04 bits per heavy atom. The van der Waals surface area contributed by atoms with Crippen molar-refractivity contribution < 1.29 is 18.4 Å². The molecule has 24 heavy (non-hydrogen) atoms. The number of hydrogen-bond donors (Lipinski definition) is 2. The molecular weight excluding hydrogens is 381 g/mol. The molecule has 2 aromatic rings. The van der Waals surface area contributed by atoms with Gasteiger partial charge in [-0.3, -0.25) is 20.4 Å². The summed E-state index contributed by atoms with van der Waals surface area (Å²) in [5.41, 5.74) is 3.79. The molecule has 9 heteroatoms. The maximum absolute atomic E-state index is 13.4. The first-order chi connectivity index (χ1) is 11.4. The van der Waals surface area contributed by atoms with Gasteiger partial charge in [-0.1, -0.05) is 23.2 Å². The third-order valence-electron chi connectivity index (χ3n) is 2.74. The van der Waals surface area contributed by atoms with E-state index in [1.807, 2.05) is 5.43 Å². The first-order valence-electron chi connectivity index (χ1n) is 6.49. The normalized spacial score (nSPS) is 10.3. The Morgan fingerprint density at radius 3 is 2.50 bits per heavy atom. The quantitative estimate of drug-likeness (QED) is 0.616. The van der Waals surface area contributed by atoms with Crippen molar-refractivity contribution in [2.75, 3.05) is 5.75 Å². The van der Waals surface area contributed by atoms with Crippen LogP contribution < -0.4 is 10.9 Å². The van der Waals surface area contributed by atoms with Crippen LogP contribution in [-0.4, -0.2) is 17.6 Å². The molecule has 2 rings (SSSR count). The Balaban J connectivity index is 1.86. The van der Waals surface area contributed by atoms with Crippen LogP contribution >= 0.6 is 35.0 Å². The van der Waals surface area contributed by atoms with Gasteiger partial charge < -0.3 is 0 Å². The summed E-state index contributed by atoms with van der Waals surface area (Å²) in [5, 5.41) is 0.914. The zero-order valence-corrected chi connectivity index (χ0v) is 14.2.